The SMILES string of the molecule is CC(C)N(C)c1cnn([C@@H]2CCCN(C(=O)C3(C)COC3)C2)c(=O)c1. The van der Waals surface area contributed by atoms with Crippen molar-refractivity contribution in [3.8, 4) is 0 Å². The van der Waals surface area contributed by atoms with Crippen LogP contribution in [0.3, 0.4) is 0 Å². The van der Waals surface area contributed by atoms with Crippen molar-refractivity contribution in [3.05, 3.63) is 22.6 Å². The molecule has 1 aromatic heterocycles. The highest BCUT2D eigenvalue weighted by molar-refractivity contribution is 5.83. The molecule has 0 N–H and O–H groups in total. The number of amides is 1. The number of hydrogen-bond donors (Lipinski definition) is 0. The maximum atomic E-state index is 12.7. The second-order valence-corrected chi connectivity index (χ2v) is 7.80. The molecule has 0 bridgehead atoms. The highest BCUT2D eigenvalue weighted by Crippen LogP contribution is 2.31. The van der Waals surface area contributed by atoms with Crippen molar-refractivity contribution in [2.24, 2.45) is 5.41 Å². The van der Waals surface area contributed by atoms with Crippen molar-refractivity contribution in [1.82, 2.24) is 14.7 Å². The van der Waals surface area contributed by atoms with Crippen LogP contribution < -0.4 is 10.5 Å². The molecule has 7 heteroatoms. The van der Waals surface area contributed by atoms with E-state index in [9.17, 15) is 9.59 Å². The Hall–Kier alpha value is -1.89. The minimum absolute atomic E-state index is 0.0619. The van der Waals surface area contributed by atoms with E-state index in [1.807, 2.05) is 23.8 Å². The summed E-state index contributed by atoms with van der Waals surface area (Å²) in [6.07, 6.45) is 3.49. The van der Waals surface area contributed by atoms with E-state index < -0.39 is 5.41 Å². The standard InChI is InChI=1S/C18H28N4O3/c1-13(2)20(4)15-8-16(23)22(19-9-15)14-6-5-7-21(10-14)17(24)18(3)11-25-12-18/h8-9,13-14H,5-7,10-12H2,1-4H3/t14-/m1/s1. The number of nitrogens with zero attached hydrogens (tertiary/aromatic N) is 4. The molecule has 138 valence electrons. The number of piperidine rings is 1. The Labute approximate surface area is 148 Å². The van der Waals surface area contributed by atoms with Crippen LogP contribution in [0.2, 0.25) is 0 Å². The zero-order chi connectivity index (χ0) is 18.2. The van der Waals surface area contributed by atoms with Gasteiger partial charge in [-0.15, -0.1) is 0 Å². The highest BCUT2D eigenvalue weighted by Gasteiger charge is 2.44. The molecule has 3 heterocycles. The fraction of sp³-hybridized carbons (Fsp3) is 0.722. The lowest BCUT2D eigenvalue weighted by Gasteiger charge is -2.43. The van der Waals surface area contributed by atoms with E-state index in [1.165, 1.54) is 4.68 Å². The summed E-state index contributed by atoms with van der Waals surface area (Å²) in [4.78, 5) is 29.2. The molecule has 7 nitrogen and oxygen atoms in total. The Bertz CT molecular complexity index is 696. The minimum Gasteiger partial charge on any atom is -0.379 e. The van der Waals surface area contributed by atoms with Crippen molar-refractivity contribution in [3.63, 3.8) is 0 Å². The largest absolute Gasteiger partial charge is 0.379 e. The first-order chi connectivity index (χ1) is 11.8. The third kappa shape index (κ3) is 3.42. The summed E-state index contributed by atoms with van der Waals surface area (Å²) in [5.41, 5.74) is 0.311. The van der Waals surface area contributed by atoms with Crippen LogP contribution in [0.25, 0.3) is 0 Å². The van der Waals surface area contributed by atoms with Gasteiger partial charge in [0.1, 0.15) is 0 Å². The van der Waals surface area contributed by atoms with Crippen LogP contribution in [-0.4, -0.2) is 60.0 Å². The van der Waals surface area contributed by atoms with Crippen molar-refractivity contribution in [2.45, 2.75) is 45.7 Å². The molecule has 0 unspecified atom stereocenters. The topological polar surface area (TPSA) is 67.7 Å². The van der Waals surface area contributed by atoms with Gasteiger partial charge in [0.2, 0.25) is 5.91 Å². The van der Waals surface area contributed by atoms with E-state index in [-0.39, 0.29) is 17.5 Å². The lowest BCUT2D eigenvalue weighted by Crippen LogP contribution is -2.55. The predicted octanol–water partition coefficient (Wildman–Crippen LogP) is 1.29. The Morgan fingerprint density at radius 2 is 2.16 bits per heavy atom. The molecule has 2 aliphatic heterocycles. The molecule has 3 rings (SSSR count). The zero-order valence-electron chi connectivity index (χ0n) is 15.6. The van der Waals surface area contributed by atoms with E-state index in [0.29, 0.717) is 25.8 Å². The normalized spacial score (nSPS) is 22.6. The number of carbonyl (C=O) groups excluding carboxylic acids is 1. The summed E-state index contributed by atoms with van der Waals surface area (Å²) in [5.74, 6) is 0.132. The highest BCUT2D eigenvalue weighted by atomic mass is 16.5. The van der Waals surface area contributed by atoms with Gasteiger partial charge in [0.05, 0.1) is 36.6 Å². The smallest absolute Gasteiger partial charge is 0.269 e. The first kappa shape index (κ1) is 17.9. The zero-order valence-corrected chi connectivity index (χ0v) is 15.6. The maximum Gasteiger partial charge on any atom is 0.269 e. The number of hydrogen-bond acceptors (Lipinski definition) is 5. The first-order valence-electron chi connectivity index (χ1n) is 9.01. The van der Waals surface area contributed by atoms with Gasteiger partial charge < -0.3 is 14.5 Å². The number of anilines is 1. The fourth-order valence-electron chi connectivity index (χ4n) is 3.43. The average molecular weight is 348 g/mol. The summed E-state index contributed by atoms with van der Waals surface area (Å²) >= 11 is 0. The molecular weight excluding hydrogens is 320 g/mol. The summed E-state index contributed by atoms with van der Waals surface area (Å²) < 4.78 is 6.75. The Balaban J connectivity index is 1.75. The molecular formula is C18H28N4O3. The number of likely N-dealkylation sites (tertiary alicyclic amines) is 1. The molecule has 2 fully saturated rings. The molecule has 0 aromatic carbocycles. The van der Waals surface area contributed by atoms with Crippen LogP contribution in [0.1, 0.15) is 39.7 Å². The molecule has 1 amide bonds. The quantitative estimate of drug-likeness (QED) is 0.820. The number of rotatable bonds is 4. The van der Waals surface area contributed by atoms with Crippen molar-refractivity contribution in [1.29, 1.82) is 0 Å². The Kier molecular flexibility index (Phi) is 4.86. The van der Waals surface area contributed by atoms with E-state index in [0.717, 1.165) is 25.1 Å². The lowest BCUT2D eigenvalue weighted by atomic mass is 9.86. The Morgan fingerprint density at radius 3 is 2.72 bits per heavy atom. The van der Waals surface area contributed by atoms with E-state index >= 15 is 0 Å². The average Bonchev–Trinajstić information content (AvgIpc) is 2.58. The number of carbonyl (C=O) groups is 1. The van der Waals surface area contributed by atoms with Crippen LogP contribution in [0, 0.1) is 5.41 Å². The fourth-order valence-corrected chi connectivity index (χ4v) is 3.43. The summed E-state index contributed by atoms with van der Waals surface area (Å²) in [7, 11) is 1.95. The molecule has 2 aliphatic rings. The number of ether oxygens (including phenoxy) is 1. The van der Waals surface area contributed by atoms with Crippen molar-refractivity contribution in [2.75, 3.05) is 38.3 Å². The van der Waals surface area contributed by atoms with Crippen molar-refractivity contribution < 1.29 is 9.53 Å². The van der Waals surface area contributed by atoms with Crippen LogP contribution in [-0.2, 0) is 9.53 Å². The first-order valence-corrected chi connectivity index (χ1v) is 9.01. The molecule has 0 radical (unpaired) electrons. The molecule has 2 saturated heterocycles. The van der Waals surface area contributed by atoms with Crippen LogP contribution in [0.5, 0.6) is 0 Å². The number of aromatic nitrogens is 2. The van der Waals surface area contributed by atoms with Gasteiger partial charge in [-0.2, -0.15) is 5.10 Å². The van der Waals surface area contributed by atoms with Gasteiger partial charge in [0.15, 0.2) is 0 Å². The second kappa shape index (κ2) is 6.78. The van der Waals surface area contributed by atoms with Gasteiger partial charge >= 0.3 is 0 Å². The molecule has 1 atom stereocenters. The third-order valence-electron chi connectivity index (χ3n) is 5.38. The van der Waals surface area contributed by atoms with Crippen LogP contribution in [0.15, 0.2) is 17.1 Å². The van der Waals surface area contributed by atoms with E-state index in [4.69, 9.17) is 4.74 Å². The van der Waals surface area contributed by atoms with Crippen LogP contribution in [0.4, 0.5) is 5.69 Å². The van der Waals surface area contributed by atoms with E-state index in [1.54, 1.807) is 12.3 Å². The van der Waals surface area contributed by atoms with Gasteiger partial charge in [-0.3, -0.25) is 9.59 Å². The minimum atomic E-state index is -0.399. The van der Waals surface area contributed by atoms with E-state index in [2.05, 4.69) is 18.9 Å². The van der Waals surface area contributed by atoms with Crippen LogP contribution >= 0.6 is 0 Å². The monoisotopic (exact) mass is 348 g/mol. The third-order valence-corrected chi connectivity index (χ3v) is 5.38. The maximum absolute atomic E-state index is 12.7. The molecule has 0 spiro atoms. The Morgan fingerprint density at radius 1 is 1.44 bits per heavy atom. The van der Waals surface area contributed by atoms with Crippen molar-refractivity contribution >= 4 is 11.6 Å². The van der Waals surface area contributed by atoms with Gasteiger partial charge in [-0.25, -0.2) is 4.68 Å². The molecule has 0 aliphatic carbocycles. The van der Waals surface area contributed by atoms with Gasteiger partial charge in [0, 0.05) is 32.2 Å². The second-order valence-electron chi connectivity index (χ2n) is 7.80. The molecule has 25 heavy (non-hydrogen) atoms. The molecule has 1 aromatic rings. The lowest BCUT2D eigenvalue weighted by molar-refractivity contribution is -0.170. The predicted molar refractivity (Wildman–Crippen MR) is 95.8 cm³/mol. The van der Waals surface area contributed by atoms with Gasteiger partial charge in [0.25, 0.3) is 5.56 Å². The van der Waals surface area contributed by atoms with Gasteiger partial charge in [-0.05, 0) is 33.6 Å². The molecule has 0 saturated carbocycles. The summed E-state index contributed by atoms with van der Waals surface area (Å²) in [6.45, 7) is 8.35. The summed E-state index contributed by atoms with van der Waals surface area (Å²) in [6, 6.07) is 1.87. The summed E-state index contributed by atoms with van der Waals surface area (Å²) in [5, 5.41) is 4.40. The van der Waals surface area contributed by atoms with Gasteiger partial charge in [-0.1, -0.05) is 0 Å².